The summed E-state index contributed by atoms with van der Waals surface area (Å²) in [5.74, 6) is 1.66. The molecule has 0 radical (unpaired) electrons. The summed E-state index contributed by atoms with van der Waals surface area (Å²) in [5.41, 5.74) is 7.03. The van der Waals surface area contributed by atoms with Crippen molar-refractivity contribution >= 4 is 0 Å². The molecular weight excluding hydrogens is 232 g/mol. The first-order valence-electron chi connectivity index (χ1n) is 8.35. The number of nitrogens with two attached hydrogens (primary N) is 1. The number of likely N-dealkylation sites (tertiary alicyclic amines) is 1. The molecule has 0 spiro atoms. The predicted molar refractivity (Wildman–Crippen MR) is 83.2 cm³/mol. The topological polar surface area (TPSA) is 29.3 Å². The van der Waals surface area contributed by atoms with E-state index in [-0.39, 0.29) is 0 Å². The molecule has 1 heterocycles. The van der Waals surface area contributed by atoms with E-state index in [0.717, 1.165) is 18.4 Å². The van der Waals surface area contributed by atoms with Crippen LogP contribution in [-0.2, 0) is 0 Å². The fraction of sp³-hybridized carbons (Fsp3) is 1.00. The fourth-order valence-electron chi connectivity index (χ4n) is 4.49. The third kappa shape index (κ3) is 3.00. The van der Waals surface area contributed by atoms with Gasteiger partial charge in [-0.1, -0.05) is 40.5 Å². The molecule has 2 aliphatic rings. The first kappa shape index (κ1) is 15.3. The molecule has 2 atom stereocenters. The standard InChI is InChI=1S/C17H34N2/c1-14-7-5-6-10-17(14,13-18)19-11-8-15(9-12-19)16(2,3)4/h14-15H,5-13,18H2,1-4H3. The Bertz CT molecular complexity index is 286. The summed E-state index contributed by atoms with van der Waals surface area (Å²) in [6.07, 6.45) is 8.19. The predicted octanol–water partition coefficient (Wildman–Crippen LogP) is 3.65. The smallest absolute Gasteiger partial charge is 0.0357 e. The van der Waals surface area contributed by atoms with Crippen molar-refractivity contribution in [3.63, 3.8) is 0 Å². The SMILES string of the molecule is CC1CCCCC1(CN)N1CCC(C(C)(C)C)CC1. The Labute approximate surface area is 120 Å². The first-order chi connectivity index (χ1) is 8.90. The molecular formula is C17H34N2. The second kappa shape index (κ2) is 5.73. The molecule has 0 aromatic carbocycles. The van der Waals surface area contributed by atoms with E-state index in [9.17, 15) is 0 Å². The molecule has 2 N–H and O–H groups in total. The van der Waals surface area contributed by atoms with Gasteiger partial charge in [0.05, 0.1) is 0 Å². The van der Waals surface area contributed by atoms with Crippen molar-refractivity contribution in [3.05, 3.63) is 0 Å². The highest BCUT2D eigenvalue weighted by Gasteiger charge is 2.43. The van der Waals surface area contributed by atoms with Crippen LogP contribution < -0.4 is 5.73 Å². The molecule has 19 heavy (non-hydrogen) atoms. The van der Waals surface area contributed by atoms with E-state index in [0.29, 0.717) is 11.0 Å². The number of hydrogen-bond acceptors (Lipinski definition) is 2. The maximum atomic E-state index is 6.24. The summed E-state index contributed by atoms with van der Waals surface area (Å²) >= 11 is 0. The Kier molecular flexibility index (Phi) is 4.62. The number of rotatable bonds is 2. The van der Waals surface area contributed by atoms with E-state index in [4.69, 9.17) is 5.73 Å². The van der Waals surface area contributed by atoms with Gasteiger partial charge >= 0.3 is 0 Å². The van der Waals surface area contributed by atoms with Gasteiger partial charge in [0.1, 0.15) is 0 Å². The van der Waals surface area contributed by atoms with Crippen molar-refractivity contribution < 1.29 is 0 Å². The van der Waals surface area contributed by atoms with Crippen molar-refractivity contribution in [3.8, 4) is 0 Å². The molecule has 0 aromatic rings. The van der Waals surface area contributed by atoms with Crippen LogP contribution in [0.2, 0.25) is 0 Å². The van der Waals surface area contributed by atoms with Gasteiger partial charge in [0.2, 0.25) is 0 Å². The minimum absolute atomic E-state index is 0.321. The number of nitrogens with zero attached hydrogens (tertiary/aromatic N) is 1. The molecule has 112 valence electrons. The van der Waals surface area contributed by atoms with Crippen LogP contribution in [0.1, 0.15) is 66.2 Å². The van der Waals surface area contributed by atoms with Gasteiger partial charge in [0.15, 0.2) is 0 Å². The van der Waals surface area contributed by atoms with E-state index in [1.807, 2.05) is 0 Å². The van der Waals surface area contributed by atoms with Crippen LogP contribution in [0.4, 0.5) is 0 Å². The summed E-state index contributed by atoms with van der Waals surface area (Å²) < 4.78 is 0. The average Bonchev–Trinajstić information content (AvgIpc) is 2.39. The highest BCUT2D eigenvalue weighted by atomic mass is 15.2. The molecule has 1 saturated heterocycles. The summed E-state index contributed by atoms with van der Waals surface area (Å²) in [4.78, 5) is 2.76. The van der Waals surface area contributed by atoms with E-state index >= 15 is 0 Å². The molecule has 2 rings (SSSR count). The molecule has 2 unspecified atom stereocenters. The Morgan fingerprint density at radius 1 is 1.11 bits per heavy atom. The molecule has 2 heteroatoms. The Morgan fingerprint density at radius 2 is 1.74 bits per heavy atom. The third-order valence-corrected chi connectivity index (χ3v) is 6.12. The van der Waals surface area contributed by atoms with Crippen LogP contribution >= 0.6 is 0 Å². The number of hydrogen-bond donors (Lipinski definition) is 1. The van der Waals surface area contributed by atoms with Crippen molar-refractivity contribution in [1.29, 1.82) is 0 Å². The van der Waals surface area contributed by atoms with Gasteiger partial charge < -0.3 is 5.73 Å². The van der Waals surface area contributed by atoms with Gasteiger partial charge in [0.25, 0.3) is 0 Å². The maximum Gasteiger partial charge on any atom is 0.0357 e. The van der Waals surface area contributed by atoms with Gasteiger partial charge in [-0.15, -0.1) is 0 Å². The molecule has 1 saturated carbocycles. The van der Waals surface area contributed by atoms with Crippen LogP contribution in [0.25, 0.3) is 0 Å². The van der Waals surface area contributed by atoms with Crippen molar-refractivity contribution in [2.24, 2.45) is 23.0 Å². The highest BCUT2D eigenvalue weighted by molar-refractivity contribution is 5.00. The van der Waals surface area contributed by atoms with E-state index in [1.54, 1.807) is 0 Å². The van der Waals surface area contributed by atoms with Crippen molar-refractivity contribution in [2.75, 3.05) is 19.6 Å². The Balaban J connectivity index is 2.02. The Morgan fingerprint density at radius 3 is 2.21 bits per heavy atom. The van der Waals surface area contributed by atoms with Crippen molar-refractivity contribution in [2.45, 2.75) is 71.8 Å². The van der Waals surface area contributed by atoms with Crippen LogP contribution in [0.15, 0.2) is 0 Å². The first-order valence-corrected chi connectivity index (χ1v) is 8.35. The van der Waals surface area contributed by atoms with Crippen LogP contribution in [0.5, 0.6) is 0 Å². The molecule has 0 aromatic heterocycles. The molecule has 1 aliphatic carbocycles. The van der Waals surface area contributed by atoms with Gasteiger partial charge in [-0.25, -0.2) is 0 Å². The maximum absolute atomic E-state index is 6.24. The summed E-state index contributed by atoms with van der Waals surface area (Å²) in [5, 5.41) is 0. The highest BCUT2D eigenvalue weighted by Crippen LogP contribution is 2.42. The number of piperidine rings is 1. The molecule has 0 amide bonds. The lowest BCUT2D eigenvalue weighted by molar-refractivity contribution is -0.0224. The summed E-state index contributed by atoms with van der Waals surface area (Å²) in [7, 11) is 0. The quantitative estimate of drug-likeness (QED) is 0.826. The van der Waals surface area contributed by atoms with Gasteiger partial charge in [-0.05, 0) is 56.0 Å². The molecule has 1 aliphatic heterocycles. The van der Waals surface area contributed by atoms with Gasteiger partial charge in [-0.3, -0.25) is 4.90 Å². The monoisotopic (exact) mass is 266 g/mol. The minimum atomic E-state index is 0.321. The van der Waals surface area contributed by atoms with E-state index in [1.165, 1.54) is 51.6 Å². The summed E-state index contributed by atoms with van der Waals surface area (Å²) in [6.45, 7) is 13.0. The van der Waals surface area contributed by atoms with Gasteiger partial charge in [-0.2, -0.15) is 0 Å². The molecule has 2 fully saturated rings. The normalized spacial score (nSPS) is 35.5. The largest absolute Gasteiger partial charge is 0.329 e. The molecule has 2 nitrogen and oxygen atoms in total. The minimum Gasteiger partial charge on any atom is -0.329 e. The third-order valence-electron chi connectivity index (χ3n) is 6.12. The zero-order valence-corrected chi connectivity index (χ0v) is 13.5. The zero-order chi connectivity index (χ0) is 14.1. The lowest BCUT2D eigenvalue weighted by Crippen LogP contribution is -2.61. The van der Waals surface area contributed by atoms with Gasteiger partial charge in [0, 0.05) is 12.1 Å². The van der Waals surface area contributed by atoms with E-state index < -0.39 is 0 Å². The van der Waals surface area contributed by atoms with Crippen LogP contribution in [0, 0.1) is 17.3 Å². The average molecular weight is 266 g/mol. The lowest BCUT2D eigenvalue weighted by Gasteiger charge is -2.53. The molecule has 0 bridgehead atoms. The lowest BCUT2D eigenvalue weighted by atomic mass is 9.69. The fourth-order valence-corrected chi connectivity index (χ4v) is 4.49. The Hall–Kier alpha value is -0.0800. The second-order valence-electron chi connectivity index (χ2n) is 8.08. The summed E-state index contributed by atoms with van der Waals surface area (Å²) in [6, 6.07) is 0. The second-order valence-corrected chi connectivity index (χ2v) is 8.08. The van der Waals surface area contributed by atoms with E-state index in [2.05, 4.69) is 32.6 Å². The zero-order valence-electron chi connectivity index (χ0n) is 13.5. The van der Waals surface area contributed by atoms with Crippen LogP contribution in [-0.4, -0.2) is 30.1 Å². The van der Waals surface area contributed by atoms with Crippen molar-refractivity contribution in [1.82, 2.24) is 4.90 Å². The van der Waals surface area contributed by atoms with Crippen LogP contribution in [0.3, 0.4) is 0 Å².